The molecule has 0 saturated carbocycles. The summed E-state index contributed by atoms with van der Waals surface area (Å²) < 4.78 is 11.9. The summed E-state index contributed by atoms with van der Waals surface area (Å²) in [4.78, 5) is 0. The molecule has 0 saturated heterocycles. The van der Waals surface area contributed by atoms with Crippen LogP contribution in [-0.2, 0) is 6.54 Å². The molecule has 0 aliphatic rings. The summed E-state index contributed by atoms with van der Waals surface area (Å²) in [6, 6.07) is 3.86. The molecule has 0 unspecified atom stereocenters. The Morgan fingerprint density at radius 1 is 1.33 bits per heavy atom. The van der Waals surface area contributed by atoms with Crippen molar-refractivity contribution in [1.29, 1.82) is 0 Å². The lowest BCUT2D eigenvalue weighted by molar-refractivity contribution is 0.290. The van der Waals surface area contributed by atoms with Gasteiger partial charge in [0.15, 0.2) is 11.5 Å². The summed E-state index contributed by atoms with van der Waals surface area (Å²) >= 11 is 3.52. The maximum atomic E-state index is 8.74. The van der Waals surface area contributed by atoms with Crippen molar-refractivity contribution in [2.24, 2.45) is 0 Å². The van der Waals surface area contributed by atoms with Crippen LogP contribution in [0.3, 0.4) is 0 Å². The van der Waals surface area contributed by atoms with E-state index < -0.39 is 0 Å². The van der Waals surface area contributed by atoms with Crippen LogP contribution >= 0.6 is 15.9 Å². The quantitative estimate of drug-likeness (QED) is 0.723. The second-order valence-corrected chi connectivity index (χ2v) is 4.70. The summed E-state index contributed by atoms with van der Waals surface area (Å²) in [5, 5.41) is 11.9. The van der Waals surface area contributed by atoms with E-state index >= 15 is 0 Å². The van der Waals surface area contributed by atoms with Gasteiger partial charge in [-0.2, -0.15) is 0 Å². The zero-order chi connectivity index (χ0) is 13.4. The largest absolute Gasteiger partial charge is 0.493 e. The second kappa shape index (κ2) is 8.34. The van der Waals surface area contributed by atoms with Crippen molar-refractivity contribution in [2.75, 3.05) is 26.9 Å². The van der Waals surface area contributed by atoms with Crippen molar-refractivity contribution < 1.29 is 14.6 Å². The van der Waals surface area contributed by atoms with E-state index in [0.29, 0.717) is 19.7 Å². The van der Waals surface area contributed by atoms with Gasteiger partial charge in [-0.25, -0.2) is 0 Å². The predicted octanol–water partition coefficient (Wildman–Crippen LogP) is 2.33. The average molecular weight is 318 g/mol. The van der Waals surface area contributed by atoms with E-state index in [-0.39, 0.29) is 6.61 Å². The van der Waals surface area contributed by atoms with Gasteiger partial charge in [0.25, 0.3) is 0 Å². The van der Waals surface area contributed by atoms with Crippen LogP contribution in [0.15, 0.2) is 16.6 Å². The fourth-order valence-corrected chi connectivity index (χ4v) is 1.96. The Labute approximate surface area is 116 Å². The van der Waals surface area contributed by atoms with Crippen LogP contribution in [0, 0.1) is 0 Å². The van der Waals surface area contributed by atoms with E-state index in [1.807, 2.05) is 12.1 Å². The zero-order valence-electron chi connectivity index (χ0n) is 10.8. The molecule has 0 aliphatic carbocycles. The fourth-order valence-electron chi connectivity index (χ4n) is 1.50. The van der Waals surface area contributed by atoms with Crippen LogP contribution in [-0.4, -0.2) is 32.0 Å². The molecule has 0 atom stereocenters. The number of rotatable bonds is 8. The first-order chi connectivity index (χ1) is 8.72. The van der Waals surface area contributed by atoms with Crippen LogP contribution < -0.4 is 14.8 Å². The molecule has 0 spiro atoms. The number of ether oxygens (including phenoxy) is 2. The molecule has 102 valence electrons. The van der Waals surface area contributed by atoms with Gasteiger partial charge < -0.3 is 19.9 Å². The zero-order valence-corrected chi connectivity index (χ0v) is 12.4. The number of hydrogen-bond acceptors (Lipinski definition) is 4. The standard InChI is InChI=1S/C13H20BrNO3/c1-3-6-18-13-8-11(14)10(7-12(13)17-2)9-15-4-5-16/h7-8,15-16H,3-6,9H2,1-2H3. The van der Waals surface area contributed by atoms with Crippen molar-refractivity contribution in [3.63, 3.8) is 0 Å². The SMILES string of the molecule is CCCOc1cc(Br)c(CNCCO)cc1OC. The van der Waals surface area contributed by atoms with Gasteiger partial charge in [-0.1, -0.05) is 22.9 Å². The van der Waals surface area contributed by atoms with Gasteiger partial charge in [-0.15, -0.1) is 0 Å². The normalized spacial score (nSPS) is 10.4. The minimum absolute atomic E-state index is 0.131. The molecule has 0 amide bonds. The maximum absolute atomic E-state index is 8.74. The molecule has 0 heterocycles. The summed E-state index contributed by atoms with van der Waals surface area (Å²) in [6.07, 6.45) is 0.959. The lowest BCUT2D eigenvalue weighted by Crippen LogP contribution is -2.17. The van der Waals surface area contributed by atoms with Crippen LogP contribution in [0.5, 0.6) is 11.5 Å². The topological polar surface area (TPSA) is 50.7 Å². The van der Waals surface area contributed by atoms with Crippen molar-refractivity contribution >= 4 is 15.9 Å². The first-order valence-corrected chi connectivity index (χ1v) is 6.83. The molecular formula is C13H20BrNO3. The van der Waals surface area contributed by atoms with Crippen LogP contribution in [0.2, 0.25) is 0 Å². The van der Waals surface area contributed by atoms with Gasteiger partial charge in [0.1, 0.15) is 0 Å². The van der Waals surface area contributed by atoms with Crippen molar-refractivity contribution in [3.05, 3.63) is 22.2 Å². The Hall–Kier alpha value is -0.780. The van der Waals surface area contributed by atoms with E-state index in [0.717, 1.165) is 28.0 Å². The Balaban J connectivity index is 2.81. The van der Waals surface area contributed by atoms with Crippen LogP contribution in [0.4, 0.5) is 0 Å². The third kappa shape index (κ3) is 4.48. The van der Waals surface area contributed by atoms with E-state index in [9.17, 15) is 0 Å². The molecule has 18 heavy (non-hydrogen) atoms. The molecular weight excluding hydrogens is 298 g/mol. The van der Waals surface area contributed by atoms with Gasteiger partial charge in [-0.05, 0) is 24.1 Å². The molecule has 0 aliphatic heterocycles. The molecule has 1 aromatic rings. The van der Waals surface area contributed by atoms with Crippen LogP contribution in [0.1, 0.15) is 18.9 Å². The molecule has 0 aromatic heterocycles. The van der Waals surface area contributed by atoms with E-state index in [1.165, 1.54) is 0 Å². The summed E-state index contributed by atoms with van der Waals surface area (Å²) in [6.45, 7) is 4.11. The highest BCUT2D eigenvalue weighted by molar-refractivity contribution is 9.10. The van der Waals surface area contributed by atoms with Crippen molar-refractivity contribution in [2.45, 2.75) is 19.9 Å². The van der Waals surface area contributed by atoms with E-state index in [1.54, 1.807) is 7.11 Å². The van der Waals surface area contributed by atoms with Gasteiger partial charge in [0.05, 0.1) is 20.3 Å². The predicted molar refractivity (Wildman–Crippen MR) is 75.3 cm³/mol. The minimum atomic E-state index is 0.131. The Morgan fingerprint density at radius 3 is 2.72 bits per heavy atom. The highest BCUT2D eigenvalue weighted by atomic mass is 79.9. The second-order valence-electron chi connectivity index (χ2n) is 3.84. The molecule has 2 N–H and O–H groups in total. The smallest absolute Gasteiger partial charge is 0.162 e. The fraction of sp³-hybridized carbons (Fsp3) is 0.538. The van der Waals surface area contributed by atoms with E-state index in [2.05, 4.69) is 28.2 Å². The molecule has 0 fully saturated rings. The maximum Gasteiger partial charge on any atom is 0.162 e. The number of nitrogens with one attached hydrogen (secondary N) is 1. The minimum Gasteiger partial charge on any atom is -0.493 e. The number of methoxy groups -OCH3 is 1. The van der Waals surface area contributed by atoms with Crippen molar-refractivity contribution in [1.82, 2.24) is 5.32 Å². The van der Waals surface area contributed by atoms with Gasteiger partial charge in [0, 0.05) is 17.6 Å². The molecule has 1 rings (SSSR count). The van der Waals surface area contributed by atoms with E-state index in [4.69, 9.17) is 14.6 Å². The molecule has 4 nitrogen and oxygen atoms in total. The highest BCUT2D eigenvalue weighted by Gasteiger charge is 2.09. The summed E-state index contributed by atoms with van der Waals surface area (Å²) in [5.41, 5.74) is 1.07. The molecule has 0 radical (unpaired) electrons. The summed E-state index contributed by atoms with van der Waals surface area (Å²) in [7, 11) is 1.63. The lowest BCUT2D eigenvalue weighted by atomic mass is 10.2. The van der Waals surface area contributed by atoms with Gasteiger partial charge in [0.2, 0.25) is 0 Å². The average Bonchev–Trinajstić information content (AvgIpc) is 2.38. The van der Waals surface area contributed by atoms with Crippen LogP contribution in [0.25, 0.3) is 0 Å². The van der Waals surface area contributed by atoms with Gasteiger partial charge in [-0.3, -0.25) is 0 Å². The molecule has 1 aromatic carbocycles. The Kier molecular flexibility index (Phi) is 7.08. The molecule has 0 bridgehead atoms. The number of aliphatic hydroxyl groups is 1. The number of benzene rings is 1. The first kappa shape index (κ1) is 15.3. The van der Waals surface area contributed by atoms with Crippen molar-refractivity contribution in [3.8, 4) is 11.5 Å². The Morgan fingerprint density at radius 2 is 2.11 bits per heavy atom. The number of halogens is 1. The summed E-state index contributed by atoms with van der Waals surface area (Å²) in [5.74, 6) is 1.48. The molecule has 5 heteroatoms. The first-order valence-electron chi connectivity index (χ1n) is 6.03. The van der Waals surface area contributed by atoms with Gasteiger partial charge >= 0.3 is 0 Å². The highest BCUT2D eigenvalue weighted by Crippen LogP contribution is 2.33. The number of aliphatic hydroxyl groups excluding tert-OH is 1. The third-order valence-corrected chi connectivity index (χ3v) is 3.14. The number of hydrogen-bond donors (Lipinski definition) is 2. The third-order valence-electron chi connectivity index (χ3n) is 2.40. The monoisotopic (exact) mass is 317 g/mol. The Bertz CT molecular complexity index is 371. The lowest BCUT2D eigenvalue weighted by Gasteiger charge is -2.14.